The predicted octanol–water partition coefficient (Wildman–Crippen LogP) is 2.86. The molecule has 0 aliphatic carbocycles. The molecular formula is C13H16Cl2N2O. The lowest BCUT2D eigenvalue weighted by Gasteiger charge is -2.30. The number of rotatable bonds is 2. The molecule has 1 saturated heterocycles. The lowest BCUT2D eigenvalue weighted by molar-refractivity contribution is 0.0920. The van der Waals surface area contributed by atoms with Crippen molar-refractivity contribution in [3.05, 3.63) is 33.8 Å². The van der Waals surface area contributed by atoms with Crippen molar-refractivity contribution in [3.8, 4) is 0 Å². The van der Waals surface area contributed by atoms with Crippen molar-refractivity contribution in [2.24, 2.45) is 0 Å². The number of amides is 1. The molecule has 0 radical (unpaired) electrons. The zero-order valence-corrected chi connectivity index (χ0v) is 11.7. The molecule has 3 nitrogen and oxygen atoms in total. The number of piperidine rings is 1. The smallest absolute Gasteiger partial charge is 0.253 e. The molecule has 0 aromatic heterocycles. The molecule has 2 N–H and O–H groups in total. The Morgan fingerprint density at radius 3 is 2.89 bits per heavy atom. The minimum Gasteiger partial charge on any atom is -0.348 e. The van der Waals surface area contributed by atoms with E-state index in [1.54, 1.807) is 18.2 Å². The molecule has 1 amide bonds. The van der Waals surface area contributed by atoms with Crippen molar-refractivity contribution in [1.82, 2.24) is 10.6 Å². The molecule has 1 heterocycles. The third-order valence-corrected chi connectivity index (χ3v) is 3.80. The molecule has 2 rings (SSSR count). The first-order valence-electron chi connectivity index (χ1n) is 6.07. The Hall–Kier alpha value is -0.770. The largest absolute Gasteiger partial charge is 0.348 e. The van der Waals surface area contributed by atoms with Crippen molar-refractivity contribution in [2.45, 2.75) is 31.8 Å². The van der Waals surface area contributed by atoms with Gasteiger partial charge in [-0.05, 0) is 44.5 Å². The summed E-state index contributed by atoms with van der Waals surface area (Å²) in [5, 5.41) is 7.28. The van der Waals surface area contributed by atoms with Gasteiger partial charge in [-0.2, -0.15) is 0 Å². The summed E-state index contributed by atoms with van der Waals surface area (Å²) in [6.07, 6.45) is 2.06. The summed E-state index contributed by atoms with van der Waals surface area (Å²) in [6, 6.07) is 5.35. The average molecular weight is 287 g/mol. The molecule has 1 aromatic carbocycles. The van der Waals surface area contributed by atoms with E-state index in [1.165, 1.54) is 0 Å². The van der Waals surface area contributed by atoms with Crippen molar-refractivity contribution in [2.75, 3.05) is 6.54 Å². The van der Waals surface area contributed by atoms with Crippen LogP contribution >= 0.6 is 23.2 Å². The molecule has 5 heteroatoms. The van der Waals surface area contributed by atoms with Crippen LogP contribution in [0.15, 0.2) is 18.2 Å². The summed E-state index contributed by atoms with van der Waals surface area (Å²) < 4.78 is 0. The van der Waals surface area contributed by atoms with Gasteiger partial charge in [-0.1, -0.05) is 23.2 Å². The third-order valence-electron chi connectivity index (χ3n) is 3.25. The van der Waals surface area contributed by atoms with Gasteiger partial charge in [-0.15, -0.1) is 0 Å². The molecule has 1 aliphatic heterocycles. The van der Waals surface area contributed by atoms with E-state index < -0.39 is 0 Å². The molecule has 0 bridgehead atoms. The van der Waals surface area contributed by atoms with Crippen LogP contribution in [0.5, 0.6) is 0 Å². The maximum Gasteiger partial charge on any atom is 0.253 e. The Labute approximate surface area is 117 Å². The molecule has 98 valence electrons. The lowest BCUT2D eigenvalue weighted by Crippen LogP contribution is -2.51. The standard InChI is InChI=1S/C13H16Cl2N2O/c1-8-12(3-2-6-16-8)17-13(18)10-5-4-9(14)7-11(10)15/h4-5,7-8,12,16H,2-3,6H2,1H3,(H,17,18). The summed E-state index contributed by atoms with van der Waals surface area (Å²) in [4.78, 5) is 12.1. The van der Waals surface area contributed by atoms with Crippen LogP contribution < -0.4 is 10.6 Å². The Morgan fingerprint density at radius 2 is 2.22 bits per heavy atom. The highest BCUT2D eigenvalue weighted by molar-refractivity contribution is 6.36. The number of carbonyl (C=O) groups is 1. The van der Waals surface area contributed by atoms with Crippen molar-refractivity contribution >= 4 is 29.1 Å². The number of benzene rings is 1. The first kappa shape index (κ1) is 13.7. The number of halogens is 2. The number of carbonyl (C=O) groups excluding carboxylic acids is 1. The summed E-state index contributed by atoms with van der Waals surface area (Å²) in [5.41, 5.74) is 0.471. The van der Waals surface area contributed by atoms with Crippen LogP contribution in [0, 0.1) is 0 Å². The predicted molar refractivity (Wildman–Crippen MR) is 74.4 cm³/mol. The van der Waals surface area contributed by atoms with Gasteiger partial charge in [0.1, 0.15) is 0 Å². The fourth-order valence-corrected chi connectivity index (χ4v) is 2.66. The fourth-order valence-electron chi connectivity index (χ4n) is 2.16. The number of nitrogens with one attached hydrogen (secondary N) is 2. The van der Waals surface area contributed by atoms with E-state index in [9.17, 15) is 4.79 Å². The molecule has 1 aliphatic rings. The van der Waals surface area contributed by atoms with Crippen molar-refractivity contribution in [3.63, 3.8) is 0 Å². The summed E-state index contributed by atoms with van der Waals surface area (Å²) >= 11 is 11.8. The Kier molecular flexibility index (Phi) is 4.49. The quantitative estimate of drug-likeness (QED) is 0.878. The Balaban J connectivity index is 2.07. The second kappa shape index (κ2) is 5.91. The molecule has 0 saturated carbocycles. The van der Waals surface area contributed by atoms with E-state index in [0.717, 1.165) is 19.4 Å². The fraction of sp³-hybridized carbons (Fsp3) is 0.462. The third kappa shape index (κ3) is 3.16. The van der Waals surface area contributed by atoms with Gasteiger partial charge in [0.25, 0.3) is 5.91 Å². The van der Waals surface area contributed by atoms with Gasteiger partial charge >= 0.3 is 0 Å². The minimum absolute atomic E-state index is 0.141. The number of hydrogen-bond donors (Lipinski definition) is 2. The van der Waals surface area contributed by atoms with E-state index in [4.69, 9.17) is 23.2 Å². The van der Waals surface area contributed by atoms with Gasteiger partial charge in [0, 0.05) is 17.1 Å². The van der Waals surface area contributed by atoms with E-state index in [1.807, 2.05) is 0 Å². The van der Waals surface area contributed by atoms with Gasteiger partial charge in [-0.3, -0.25) is 4.79 Å². The molecule has 0 spiro atoms. The van der Waals surface area contributed by atoms with Crippen LogP contribution in [0.1, 0.15) is 30.1 Å². The molecule has 2 atom stereocenters. The van der Waals surface area contributed by atoms with Crippen molar-refractivity contribution < 1.29 is 4.79 Å². The molecule has 2 unspecified atom stereocenters. The molecule has 1 aromatic rings. The zero-order chi connectivity index (χ0) is 13.1. The van der Waals surface area contributed by atoms with Crippen LogP contribution in [0.2, 0.25) is 10.0 Å². The van der Waals surface area contributed by atoms with Gasteiger partial charge < -0.3 is 10.6 Å². The van der Waals surface area contributed by atoms with Gasteiger partial charge in [0.05, 0.1) is 10.6 Å². The first-order chi connectivity index (χ1) is 8.58. The average Bonchev–Trinajstić information content (AvgIpc) is 2.32. The normalized spacial score (nSPS) is 23.7. The zero-order valence-electron chi connectivity index (χ0n) is 10.2. The molecule has 1 fully saturated rings. The van der Waals surface area contributed by atoms with Crippen LogP contribution in [0.3, 0.4) is 0 Å². The highest BCUT2D eigenvalue weighted by atomic mass is 35.5. The second-order valence-electron chi connectivity index (χ2n) is 4.59. The number of hydrogen-bond acceptors (Lipinski definition) is 2. The maximum atomic E-state index is 12.1. The van der Waals surface area contributed by atoms with E-state index >= 15 is 0 Å². The van der Waals surface area contributed by atoms with Crippen LogP contribution in [0.4, 0.5) is 0 Å². The van der Waals surface area contributed by atoms with E-state index in [2.05, 4.69) is 17.6 Å². The van der Waals surface area contributed by atoms with Crippen LogP contribution in [-0.2, 0) is 0 Å². The van der Waals surface area contributed by atoms with Gasteiger partial charge in [0.15, 0.2) is 0 Å². The monoisotopic (exact) mass is 286 g/mol. The summed E-state index contributed by atoms with van der Waals surface area (Å²) in [6.45, 7) is 3.09. The van der Waals surface area contributed by atoms with E-state index in [-0.39, 0.29) is 18.0 Å². The first-order valence-corrected chi connectivity index (χ1v) is 6.83. The SMILES string of the molecule is CC1NCCCC1NC(=O)c1ccc(Cl)cc1Cl. The van der Waals surface area contributed by atoms with E-state index in [0.29, 0.717) is 15.6 Å². The Morgan fingerprint density at radius 1 is 1.44 bits per heavy atom. The summed E-state index contributed by atoms with van der Waals surface area (Å²) in [5.74, 6) is -0.141. The Bertz CT molecular complexity index is 451. The second-order valence-corrected chi connectivity index (χ2v) is 5.43. The van der Waals surface area contributed by atoms with Crippen LogP contribution in [-0.4, -0.2) is 24.5 Å². The summed E-state index contributed by atoms with van der Waals surface area (Å²) in [7, 11) is 0. The van der Waals surface area contributed by atoms with Gasteiger partial charge in [0.2, 0.25) is 0 Å². The highest BCUT2D eigenvalue weighted by Crippen LogP contribution is 2.21. The molecule has 18 heavy (non-hydrogen) atoms. The van der Waals surface area contributed by atoms with Crippen molar-refractivity contribution in [1.29, 1.82) is 0 Å². The van der Waals surface area contributed by atoms with Crippen LogP contribution in [0.25, 0.3) is 0 Å². The lowest BCUT2D eigenvalue weighted by atomic mass is 9.99. The maximum absolute atomic E-state index is 12.1. The molecular weight excluding hydrogens is 271 g/mol. The van der Waals surface area contributed by atoms with Gasteiger partial charge in [-0.25, -0.2) is 0 Å². The minimum atomic E-state index is -0.141. The topological polar surface area (TPSA) is 41.1 Å². The highest BCUT2D eigenvalue weighted by Gasteiger charge is 2.23.